The summed E-state index contributed by atoms with van der Waals surface area (Å²) in [7, 11) is 1.68. The van der Waals surface area contributed by atoms with Crippen molar-refractivity contribution in [1.29, 1.82) is 0 Å². The van der Waals surface area contributed by atoms with Gasteiger partial charge < -0.3 is 15.4 Å². The minimum atomic E-state index is -0.491. The van der Waals surface area contributed by atoms with Crippen LogP contribution in [-0.2, 0) is 4.74 Å². The molecule has 8 heteroatoms. The second-order valence-electron chi connectivity index (χ2n) is 5.47. The first-order valence-corrected chi connectivity index (χ1v) is 7.62. The van der Waals surface area contributed by atoms with Crippen molar-refractivity contribution in [1.82, 2.24) is 10.2 Å². The molecule has 23 heavy (non-hydrogen) atoms. The Morgan fingerprint density at radius 2 is 2.35 bits per heavy atom. The standard InChI is InChI=1S/C15H22N4O4/c1-23-9-8-18-7-3-6-14(18)11-16-15(20)17-12-4-2-5-13(10-12)19(21)22/h2,4-5,10,14H,3,6-9,11H2,1H3,(H2,16,17,20)/t14-/m0/s1. The van der Waals surface area contributed by atoms with E-state index in [1.807, 2.05) is 0 Å². The number of nitro benzene ring substituents is 1. The van der Waals surface area contributed by atoms with Crippen LogP contribution >= 0.6 is 0 Å². The van der Waals surface area contributed by atoms with Crippen LogP contribution in [0.25, 0.3) is 0 Å². The molecule has 0 bridgehead atoms. The van der Waals surface area contributed by atoms with Gasteiger partial charge in [-0.1, -0.05) is 6.07 Å². The summed E-state index contributed by atoms with van der Waals surface area (Å²) in [5, 5.41) is 16.2. The van der Waals surface area contributed by atoms with E-state index in [0.29, 0.717) is 24.9 Å². The van der Waals surface area contributed by atoms with Crippen LogP contribution in [0.5, 0.6) is 0 Å². The predicted molar refractivity (Wildman–Crippen MR) is 86.6 cm³/mol. The molecule has 1 aliphatic heterocycles. The molecule has 1 aromatic carbocycles. The number of benzene rings is 1. The highest BCUT2D eigenvalue weighted by molar-refractivity contribution is 5.89. The lowest BCUT2D eigenvalue weighted by Crippen LogP contribution is -2.42. The van der Waals surface area contributed by atoms with Crippen molar-refractivity contribution in [2.75, 3.05) is 38.7 Å². The molecule has 0 saturated carbocycles. The van der Waals surface area contributed by atoms with Crippen LogP contribution in [0, 0.1) is 10.1 Å². The van der Waals surface area contributed by atoms with Gasteiger partial charge in [0.1, 0.15) is 0 Å². The lowest BCUT2D eigenvalue weighted by Gasteiger charge is -2.24. The summed E-state index contributed by atoms with van der Waals surface area (Å²) in [6.45, 7) is 3.10. The van der Waals surface area contributed by atoms with Gasteiger partial charge in [0.15, 0.2) is 0 Å². The topological polar surface area (TPSA) is 96.7 Å². The van der Waals surface area contributed by atoms with Crippen molar-refractivity contribution in [2.45, 2.75) is 18.9 Å². The number of hydrogen-bond donors (Lipinski definition) is 2. The van der Waals surface area contributed by atoms with Gasteiger partial charge in [-0.15, -0.1) is 0 Å². The van der Waals surface area contributed by atoms with Crippen LogP contribution in [-0.4, -0.2) is 55.2 Å². The molecule has 2 amide bonds. The largest absolute Gasteiger partial charge is 0.383 e. The maximum Gasteiger partial charge on any atom is 0.319 e. The Hall–Kier alpha value is -2.19. The number of carbonyl (C=O) groups is 1. The molecule has 0 aliphatic carbocycles. The van der Waals surface area contributed by atoms with Crippen molar-refractivity contribution in [2.24, 2.45) is 0 Å². The second kappa shape index (κ2) is 8.44. The zero-order valence-corrected chi connectivity index (χ0v) is 13.2. The molecule has 8 nitrogen and oxygen atoms in total. The summed E-state index contributed by atoms with van der Waals surface area (Å²) < 4.78 is 5.09. The average molecular weight is 322 g/mol. The molecule has 1 fully saturated rings. The van der Waals surface area contributed by atoms with Crippen molar-refractivity contribution in [3.63, 3.8) is 0 Å². The predicted octanol–water partition coefficient (Wildman–Crippen LogP) is 1.83. The number of urea groups is 1. The van der Waals surface area contributed by atoms with E-state index in [1.165, 1.54) is 18.2 Å². The number of nitrogens with zero attached hydrogens (tertiary/aromatic N) is 2. The quantitative estimate of drug-likeness (QED) is 0.589. The number of likely N-dealkylation sites (tertiary alicyclic amines) is 1. The molecule has 2 N–H and O–H groups in total. The third kappa shape index (κ3) is 5.19. The van der Waals surface area contributed by atoms with Crippen LogP contribution in [0.3, 0.4) is 0 Å². The first-order valence-electron chi connectivity index (χ1n) is 7.62. The van der Waals surface area contributed by atoms with Crippen LogP contribution in [0.2, 0.25) is 0 Å². The van der Waals surface area contributed by atoms with Crippen molar-refractivity contribution in [3.8, 4) is 0 Å². The van der Waals surface area contributed by atoms with Gasteiger partial charge >= 0.3 is 6.03 Å². The molecule has 126 valence electrons. The van der Waals surface area contributed by atoms with Crippen molar-refractivity contribution >= 4 is 17.4 Å². The Labute approximate surface area is 134 Å². The van der Waals surface area contributed by atoms with Gasteiger partial charge in [0, 0.05) is 44.1 Å². The van der Waals surface area contributed by atoms with E-state index in [1.54, 1.807) is 13.2 Å². The first kappa shape index (κ1) is 17.2. The van der Waals surface area contributed by atoms with Gasteiger partial charge in [0.25, 0.3) is 5.69 Å². The molecule has 0 unspecified atom stereocenters. The van der Waals surface area contributed by atoms with Gasteiger partial charge in [-0.2, -0.15) is 0 Å². The minimum Gasteiger partial charge on any atom is -0.383 e. The van der Waals surface area contributed by atoms with E-state index >= 15 is 0 Å². The summed E-state index contributed by atoms with van der Waals surface area (Å²) in [4.78, 5) is 24.5. The van der Waals surface area contributed by atoms with Crippen LogP contribution in [0.15, 0.2) is 24.3 Å². The number of nitrogens with one attached hydrogen (secondary N) is 2. The van der Waals surface area contributed by atoms with E-state index < -0.39 is 4.92 Å². The number of hydrogen-bond acceptors (Lipinski definition) is 5. The fourth-order valence-corrected chi connectivity index (χ4v) is 2.71. The highest BCUT2D eigenvalue weighted by atomic mass is 16.6. The molecule has 1 saturated heterocycles. The molecule has 2 rings (SSSR count). The van der Waals surface area contributed by atoms with Gasteiger partial charge in [-0.05, 0) is 25.5 Å². The molecule has 1 aromatic rings. The maximum absolute atomic E-state index is 11.9. The number of nitro groups is 1. The number of non-ortho nitro benzene ring substituents is 1. The van der Waals surface area contributed by atoms with Gasteiger partial charge in [0.05, 0.1) is 11.5 Å². The Morgan fingerprint density at radius 1 is 1.52 bits per heavy atom. The summed E-state index contributed by atoms with van der Waals surface area (Å²) >= 11 is 0. The van der Waals surface area contributed by atoms with Gasteiger partial charge in [0.2, 0.25) is 0 Å². The van der Waals surface area contributed by atoms with Gasteiger partial charge in [-0.3, -0.25) is 15.0 Å². The van der Waals surface area contributed by atoms with Crippen molar-refractivity contribution < 1.29 is 14.5 Å². The zero-order chi connectivity index (χ0) is 16.7. The molecule has 0 radical (unpaired) electrons. The monoisotopic (exact) mass is 322 g/mol. The fourth-order valence-electron chi connectivity index (χ4n) is 2.71. The highest BCUT2D eigenvalue weighted by Gasteiger charge is 2.24. The van der Waals surface area contributed by atoms with Crippen LogP contribution < -0.4 is 10.6 Å². The smallest absolute Gasteiger partial charge is 0.319 e. The zero-order valence-electron chi connectivity index (χ0n) is 13.2. The molecule has 0 aromatic heterocycles. The highest BCUT2D eigenvalue weighted by Crippen LogP contribution is 2.18. The summed E-state index contributed by atoms with van der Waals surface area (Å²) in [5.74, 6) is 0. The molecular formula is C15H22N4O4. The van der Waals surface area contributed by atoms with E-state index in [9.17, 15) is 14.9 Å². The maximum atomic E-state index is 11.9. The molecule has 0 spiro atoms. The van der Waals surface area contributed by atoms with E-state index in [4.69, 9.17) is 4.74 Å². The van der Waals surface area contributed by atoms with Gasteiger partial charge in [-0.25, -0.2) is 4.79 Å². The summed E-state index contributed by atoms with van der Waals surface area (Å²) in [6, 6.07) is 5.82. The average Bonchev–Trinajstić information content (AvgIpc) is 2.98. The third-order valence-electron chi connectivity index (χ3n) is 3.89. The Kier molecular flexibility index (Phi) is 6.30. The lowest BCUT2D eigenvalue weighted by atomic mass is 10.2. The molecule has 1 aliphatic rings. The first-order chi connectivity index (χ1) is 11.1. The Morgan fingerprint density at radius 3 is 3.09 bits per heavy atom. The van der Waals surface area contributed by atoms with E-state index in [-0.39, 0.29) is 11.7 Å². The Bertz CT molecular complexity index is 552. The van der Waals surface area contributed by atoms with E-state index in [2.05, 4.69) is 15.5 Å². The third-order valence-corrected chi connectivity index (χ3v) is 3.89. The summed E-state index contributed by atoms with van der Waals surface area (Å²) in [5.41, 5.74) is 0.351. The Balaban J connectivity index is 1.80. The molecule has 1 atom stereocenters. The number of carbonyl (C=O) groups excluding carboxylic acids is 1. The molecular weight excluding hydrogens is 300 g/mol. The van der Waals surface area contributed by atoms with Crippen LogP contribution in [0.4, 0.5) is 16.2 Å². The van der Waals surface area contributed by atoms with Crippen LogP contribution in [0.1, 0.15) is 12.8 Å². The lowest BCUT2D eigenvalue weighted by molar-refractivity contribution is -0.384. The van der Waals surface area contributed by atoms with Crippen molar-refractivity contribution in [3.05, 3.63) is 34.4 Å². The fraction of sp³-hybridized carbons (Fsp3) is 0.533. The number of ether oxygens (including phenoxy) is 1. The number of anilines is 1. The minimum absolute atomic E-state index is 0.0515. The second-order valence-corrected chi connectivity index (χ2v) is 5.47. The number of rotatable bonds is 7. The molecule has 1 heterocycles. The van der Waals surface area contributed by atoms with E-state index in [0.717, 1.165) is 25.9 Å². The number of amides is 2. The summed E-state index contributed by atoms with van der Waals surface area (Å²) in [6.07, 6.45) is 2.16. The number of methoxy groups -OCH3 is 1. The normalized spacial score (nSPS) is 17.9. The SMILES string of the molecule is COCCN1CCC[C@H]1CNC(=O)Nc1cccc([N+](=O)[O-])c1.